The van der Waals surface area contributed by atoms with Gasteiger partial charge in [0.05, 0.1) is 0 Å². The number of hydrogen-bond acceptors (Lipinski definition) is 6. The van der Waals surface area contributed by atoms with Crippen LogP contribution < -0.4 is 4.90 Å². The molecule has 1 aliphatic rings. The van der Waals surface area contributed by atoms with Gasteiger partial charge in [-0.25, -0.2) is 19.9 Å². The van der Waals surface area contributed by atoms with Crippen LogP contribution in [-0.4, -0.2) is 57.6 Å². The van der Waals surface area contributed by atoms with E-state index < -0.39 is 0 Å². The monoisotopic (exact) mass is 244 g/mol. The maximum atomic E-state index is 4.38. The first kappa shape index (κ1) is 11.3. The van der Waals surface area contributed by atoms with E-state index in [2.05, 4.69) is 36.7 Å². The summed E-state index contributed by atoms with van der Waals surface area (Å²) in [6.45, 7) is 7.41. The van der Waals surface area contributed by atoms with Crippen LogP contribution in [0.4, 0.5) is 5.82 Å². The third kappa shape index (κ3) is 1.99. The Balaban J connectivity index is 1.91. The normalized spacial score (nSPS) is 17.3. The number of hydrogen-bond donors (Lipinski definition) is 0. The summed E-state index contributed by atoms with van der Waals surface area (Å²) in [6.07, 6.45) is 4.92. The molecule has 0 aliphatic carbocycles. The van der Waals surface area contributed by atoms with Crippen molar-refractivity contribution in [3.8, 4) is 0 Å². The predicted octanol–water partition coefficient (Wildman–Crippen LogP) is 0.562. The molecule has 0 amide bonds. The summed E-state index contributed by atoms with van der Waals surface area (Å²) < 4.78 is 0. The fraction of sp³-hybridized carbons (Fsp3) is 0.500. The molecule has 3 rings (SSSR count). The van der Waals surface area contributed by atoms with Crippen molar-refractivity contribution in [3.05, 3.63) is 18.7 Å². The van der Waals surface area contributed by atoms with E-state index >= 15 is 0 Å². The van der Waals surface area contributed by atoms with E-state index in [0.717, 1.165) is 44.1 Å². The number of fused-ring (bicyclic) bond motifs is 1. The summed E-state index contributed by atoms with van der Waals surface area (Å²) in [5.41, 5.74) is 1.46. The highest BCUT2D eigenvalue weighted by Gasteiger charge is 2.19. The molecule has 1 saturated heterocycles. The van der Waals surface area contributed by atoms with Crippen molar-refractivity contribution in [1.29, 1.82) is 0 Å². The molecule has 2 aromatic rings. The molecule has 0 spiro atoms. The summed E-state index contributed by atoms with van der Waals surface area (Å²) in [6, 6.07) is 0. The first-order valence-corrected chi connectivity index (χ1v) is 6.27. The lowest BCUT2D eigenvalue weighted by Gasteiger charge is -2.34. The number of likely N-dealkylation sites (N-methyl/N-ethyl adjacent to an activating group) is 1. The van der Waals surface area contributed by atoms with Crippen molar-refractivity contribution in [2.24, 2.45) is 0 Å². The average molecular weight is 244 g/mol. The third-order valence-corrected chi connectivity index (χ3v) is 3.37. The highest BCUT2D eigenvalue weighted by molar-refractivity contribution is 5.82. The molecule has 3 heterocycles. The van der Waals surface area contributed by atoms with E-state index in [1.165, 1.54) is 0 Å². The molecule has 2 aromatic heterocycles. The Morgan fingerprint density at radius 1 is 1.00 bits per heavy atom. The zero-order chi connectivity index (χ0) is 12.4. The lowest BCUT2D eigenvalue weighted by molar-refractivity contribution is 0.270. The van der Waals surface area contributed by atoms with Crippen molar-refractivity contribution in [1.82, 2.24) is 24.8 Å². The minimum atomic E-state index is 0.667. The maximum Gasteiger partial charge on any atom is 0.183 e. The highest BCUT2D eigenvalue weighted by Crippen LogP contribution is 2.20. The average Bonchev–Trinajstić information content (AvgIpc) is 2.47. The molecule has 0 atom stereocenters. The van der Waals surface area contributed by atoms with Crippen molar-refractivity contribution in [3.63, 3.8) is 0 Å². The summed E-state index contributed by atoms with van der Waals surface area (Å²) >= 11 is 0. The Labute approximate surface area is 106 Å². The number of aromatic nitrogens is 4. The zero-order valence-corrected chi connectivity index (χ0v) is 10.5. The lowest BCUT2D eigenvalue weighted by Crippen LogP contribution is -2.46. The lowest BCUT2D eigenvalue weighted by atomic mass is 10.3. The Kier molecular flexibility index (Phi) is 3.02. The second-order valence-corrected chi connectivity index (χ2v) is 4.35. The van der Waals surface area contributed by atoms with Gasteiger partial charge in [0.15, 0.2) is 17.0 Å². The predicted molar refractivity (Wildman–Crippen MR) is 69.5 cm³/mol. The van der Waals surface area contributed by atoms with Crippen LogP contribution >= 0.6 is 0 Å². The molecule has 0 radical (unpaired) electrons. The number of nitrogens with zero attached hydrogens (tertiary/aromatic N) is 6. The molecule has 6 heteroatoms. The maximum absolute atomic E-state index is 4.38. The van der Waals surface area contributed by atoms with E-state index in [0.29, 0.717) is 5.65 Å². The van der Waals surface area contributed by atoms with Crippen LogP contribution in [0.5, 0.6) is 0 Å². The topological polar surface area (TPSA) is 58.0 Å². The molecule has 0 aromatic carbocycles. The van der Waals surface area contributed by atoms with Gasteiger partial charge in [0.2, 0.25) is 0 Å². The van der Waals surface area contributed by atoms with Gasteiger partial charge in [-0.3, -0.25) is 0 Å². The molecule has 94 valence electrons. The molecule has 0 bridgehead atoms. The summed E-state index contributed by atoms with van der Waals surface area (Å²) in [4.78, 5) is 21.8. The van der Waals surface area contributed by atoms with Crippen molar-refractivity contribution < 1.29 is 0 Å². The van der Waals surface area contributed by atoms with E-state index in [9.17, 15) is 0 Å². The molecule has 0 N–H and O–H groups in total. The van der Waals surface area contributed by atoms with Crippen LogP contribution in [0.25, 0.3) is 11.2 Å². The summed E-state index contributed by atoms with van der Waals surface area (Å²) in [5, 5.41) is 0. The van der Waals surface area contributed by atoms with Crippen LogP contribution in [0.15, 0.2) is 18.7 Å². The second kappa shape index (κ2) is 4.81. The molecular weight excluding hydrogens is 228 g/mol. The zero-order valence-electron chi connectivity index (χ0n) is 10.5. The molecule has 18 heavy (non-hydrogen) atoms. The smallest absolute Gasteiger partial charge is 0.183 e. The van der Waals surface area contributed by atoms with Crippen LogP contribution in [0.3, 0.4) is 0 Å². The Morgan fingerprint density at radius 3 is 2.56 bits per heavy atom. The van der Waals surface area contributed by atoms with Gasteiger partial charge in [-0.2, -0.15) is 0 Å². The van der Waals surface area contributed by atoms with Gasteiger partial charge in [-0.1, -0.05) is 6.92 Å². The molecule has 6 nitrogen and oxygen atoms in total. The van der Waals surface area contributed by atoms with Gasteiger partial charge in [-0.15, -0.1) is 0 Å². The van der Waals surface area contributed by atoms with Crippen LogP contribution in [-0.2, 0) is 0 Å². The van der Waals surface area contributed by atoms with Crippen LogP contribution in [0.2, 0.25) is 0 Å². The second-order valence-electron chi connectivity index (χ2n) is 4.35. The minimum Gasteiger partial charge on any atom is -0.352 e. The van der Waals surface area contributed by atoms with E-state index in [1.54, 1.807) is 18.7 Å². The molecule has 0 saturated carbocycles. The highest BCUT2D eigenvalue weighted by atomic mass is 15.3. The summed E-state index contributed by atoms with van der Waals surface area (Å²) in [7, 11) is 0. The molecule has 1 aliphatic heterocycles. The van der Waals surface area contributed by atoms with Gasteiger partial charge in [0.1, 0.15) is 6.33 Å². The molecule has 1 fully saturated rings. The molecule has 0 unspecified atom stereocenters. The van der Waals surface area contributed by atoms with Crippen molar-refractivity contribution in [2.45, 2.75) is 6.92 Å². The third-order valence-electron chi connectivity index (χ3n) is 3.37. The Hall–Kier alpha value is -1.82. The fourth-order valence-corrected chi connectivity index (χ4v) is 2.29. The van der Waals surface area contributed by atoms with Gasteiger partial charge >= 0.3 is 0 Å². The number of rotatable bonds is 2. The van der Waals surface area contributed by atoms with E-state index in [-0.39, 0.29) is 0 Å². The van der Waals surface area contributed by atoms with E-state index in [1.807, 2.05) is 0 Å². The largest absolute Gasteiger partial charge is 0.352 e. The minimum absolute atomic E-state index is 0.667. The number of anilines is 1. The van der Waals surface area contributed by atoms with Crippen LogP contribution in [0.1, 0.15) is 6.92 Å². The quantitative estimate of drug-likeness (QED) is 0.769. The first-order chi connectivity index (χ1) is 8.88. The first-order valence-electron chi connectivity index (χ1n) is 6.27. The van der Waals surface area contributed by atoms with Gasteiger partial charge < -0.3 is 9.80 Å². The Morgan fingerprint density at radius 2 is 1.78 bits per heavy atom. The van der Waals surface area contributed by atoms with Gasteiger partial charge in [0, 0.05) is 38.6 Å². The molecular formula is C12H16N6. The van der Waals surface area contributed by atoms with Gasteiger partial charge in [-0.05, 0) is 6.54 Å². The van der Waals surface area contributed by atoms with E-state index in [4.69, 9.17) is 0 Å². The standard InChI is InChI=1S/C12H16N6/c1-2-17-5-7-18(8-6-17)12-10-11(15-9-16-12)14-4-3-13-10/h3-4,9H,2,5-8H2,1H3. The van der Waals surface area contributed by atoms with Crippen molar-refractivity contribution >= 4 is 17.0 Å². The van der Waals surface area contributed by atoms with Crippen LogP contribution in [0, 0.1) is 0 Å². The van der Waals surface area contributed by atoms with Crippen molar-refractivity contribution in [2.75, 3.05) is 37.6 Å². The van der Waals surface area contributed by atoms with Gasteiger partial charge in [0.25, 0.3) is 0 Å². The fourth-order valence-electron chi connectivity index (χ4n) is 2.29. The SMILES string of the molecule is CCN1CCN(c2ncnc3nccnc23)CC1. The Bertz CT molecular complexity index is 530. The summed E-state index contributed by atoms with van der Waals surface area (Å²) in [5.74, 6) is 0.906. The number of piperazine rings is 1.